The minimum atomic E-state index is 0.192. The molecule has 1 N–H and O–H groups in total. The van der Waals surface area contributed by atoms with Crippen LogP contribution in [0.3, 0.4) is 0 Å². The van der Waals surface area contributed by atoms with Crippen LogP contribution in [0.1, 0.15) is 44.1 Å². The molecule has 1 unspecified atom stereocenters. The lowest BCUT2D eigenvalue weighted by atomic mass is 9.94. The van der Waals surface area contributed by atoms with E-state index in [1.54, 1.807) is 0 Å². The lowest BCUT2D eigenvalue weighted by Gasteiger charge is -2.36. The van der Waals surface area contributed by atoms with Gasteiger partial charge in [0.1, 0.15) is 0 Å². The predicted molar refractivity (Wildman–Crippen MR) is 102 cm³/mol. The summed E-state index contributed by atoms with van der Waals surface area (Å²) in [6, 6.07) is 10.9. The fourth-order valence-corrected chi connectivity index (χ4v) is 4.19. The van der Waals surface area contributed by atoms with Gasteiger partial charge >= 0.3 is 0 Å². The van der Waals surface area contributed by atoms with Gasteiger partial charge in [-0.15, -0.1) is 0 Å². The summed E-state index contributed by atoms with van der Waals surface area (Å²) in [6.45, 7) is 5.23. The molecule has 0 bridgehead atoms. The maximum Gasteiger partial charge on any atom is 0.223 e. The van der Waals surface area contributed by atoms with Gasteiger partial charge in [0.05, 0.1) is 0 Å². The van der Waals surface area contributed by atoms with Crippen LogP contribution in [0.15, 0.2) is 30.3 Å². The molecule has 2 heterocycles. The van der Waals surface area contributed by atoms with Gasteiger partial charge in [-0.25, -0.2) is 0 Å². The molecular formula is C21H33N3O. The number of rotatable bonds is 6. The fourth-order valence-electron chi connectivity index (χ4n) is 4.19. The maximum atomic E-state index is 12.4. The molecule has 0 radical (unpaired) electrons. The van der Waals surface area contributed by atoms with E-state index in [2.05, 4.69) is 34.3 Å². The Balaban J connectivity index is 1.34. The van der Waals surface area contributed by atoms with Crippen molar-refractivity contribution in [2.45, 2.75) is 51.1 Å². The van der Waals surface area contributed by atoms with E-state index in [0.717, 1.165) is 32.0 Å². The summed E-state index contributed by atoms with van der Waals surface area (Å²) in [7, 11) is 2.27. The summed E-state index contributed by atoms with van der Waals surface area (Å²) in [6.07, 6.45) is 7.38. The first-order valence-electron chi connectivity index (χ1n) is 9.96. The zero-order valence-corrected chi connectivity index (χ0v) is 15.6. The van der Waals surface area contributed by atoms with Crippen molar-refractivity contribution in [2.24, 2.45) is 5.92 Å². The summed E-state index contributed by atoms with van der Waals surface area (Å²) in [5.74, 6) is 0.424. The first-order valence-corrected chi connectivity index (χ1v) is 9.96. The monoisotopic (exact) mass is 343 g/mol. The van der Waals surface area contributed by atoms with E-state index in [1.807, 2.05) is 18.2 Å². The quantitative estimate of drug-likeness (QED) is 0.863. The van der Waals surface area contributed by atoms with Crippen molar-refractivity contribution in [3.8, 4) is 0 Å². The molecule has 2 aliphatic heterocycles. The predicted octanol–water partition coefficient (Wildman–Crippen LogP) is 2.89. The molecule has 0 saturated carbocycles. The van der Waals surface area contributed by atoms with Gasteiger partial charge in [0, 0.05) is 18.5 Å². The highest BCUT2D eigenvalue weighted by atomic mass is 16.1. The highest BCUT2D eigenvalue weighted by Gasteiger charge is 2.26. The van der Waals surface area contributed by atoms with Crippen LogP contribution in [0.5, 0.6) is 0 Å². The van der Waals surface area contributed by atoms with E-state index in [0.29, 0.717) is 6.54 Å². The molecule has 2 fully saturated rings. The standard InChI is InChI=1S/C21H33N3O/c1-23-13-6-5-9-20(23)12-16-24-14-10-19(11-15-24)21(25)22-17-18-7-3-2-4-8-18/h2-4,7-8,19-20H,5-6,9-17H2,1H3,(H,22,25). The van der Waals surface area contributed by atoms with Crippen LogP contribution in [-0.4, -0.2) is 55.0 Å². The maximum absolute atomic E-state index is 12.4. The first-order chi connectivity index (χ1) is 12.2. The van der Waals surface area contributed by atoms with Crippen molar-refractivity contribution >= 4 is 5.91 Å². The van der Waals surface area contributed by atoms with Gasteiger partial charge in [-0.1, -0.05) is 36.8 Å². The van der Waals surface area contributed by atoms with Gasteiger partial charge in [0.25, 0.3) is 0 Å². The molecule has 1 atom stereocenters. The van der Waals surface area contributed by atoms with Crippen LogP contribution >= 0.6 is 0 Å². The summed E-state index contributed by atoms with van der Waals surface area (Å²) in [5, 5.41) is 3.11. The second kappa shape index (κ2) is 9.35. The van der Waals surface area contributed by atoms with Crippen molar-refractivity contribution in [3.05, 3.63) is 35.9 Å². The molecule has 0 aliphatic carbocycles. The summed E-state index contributed by atoms with van der Waals surface area (Å²) < 4.78 is 0. The average molecular weight is 344 g/mol. The number of nitrogens with zero attached hydrogens (tertiary/aromatic N) is 2. The molecule has 0 spiro atoms. The highest BCUT2D eigenvalue weighted by molar-refractivity contribution is 5.78. The smallest absolute Gasteiger partial charge is 0.223 e. The molecule has 1 aromatic rings. The fraction of sp³-hybridized carbons (Fsp3) is 0.667. The number of amides is 1. The average Bonchev–Trinajstić information content (AvgIpc) is 2.67. The molecule has 3 rings (SSSR count). The summed E-state index contributed by atoms with van der Waals surface area (Å²) >= 11 is 0. The number of hydrogen-bond acceptors (Lipinski definition) is 3. The Kier molecular flexibility index (Phi) is 6.88. The van der Waals surface area contributed by atoms with Crippen LogP contribution in [0.4, 0.5) is 0 Å². The third-order valence-electron chi connectivity index (χ3n) is 5.97. The Hall–Kier alpha value is -1.39. The number of likely N-dealkylation sites (tertiary alicyclic amines) is 2. The van der Waals surface area contributed by atoms with Crippen LogP contribution in [-0.2, 0) is 11.3 Å². The van der Waals surface area contributed by atoms with Gasteiger partial charge in [-0.3, -0.25) is 4.79 Å². The topological polar surface area (TPSA) is 35.6 Å². The number of piperidine rings is 2. The Labute approximate surface area is 152 Å². The minimum absolute atomic E-state index is 0.192. The van der Waals surface area contributed by atoms with Crippen molar-refractivity contribution < 1.29 is 4.79 Å². The normalized spacial score (nSPS) is 23.5. The Bertz CT molecular complexity index is 525. The number of carbonyl (C=O) groups is 1. The van der Waals surface area contributed by atoms with E-state index in [1.165, 1.54) is 44.3 Å². The molecule has 1 aromatic carbocycles. The van der Waals surface area contributed by atoms with Gasteiger partial charge in [-0.05, 0) is 70.9 Å². The Morgan fingerprint density at radius 3 is 2.56 bits per heavy atom. The van der Waals surface area contributed by atoms with Crippen molar-refractivity contribution in [1.29, 1.82) is 0 Å². The third-order valence-corrected chi connectivity index (χ3v) is 5.97. The lowest BCUT2D eigenvalue weighted by Crippen LogP contribution is -2.43. The van der Waals surface area contributed by atoms with Crippen molar-refractivity contribution in [2.75, 3.05) is 33.2 Å². The van der Waals surface area contributed by atoms with Crippen LogP contribution in [0.25, 0.3) is 0 Å². The molecule has 2 aliphatic rings. The van der Waals surface area contributed by atoms with E-state index in [4.69, 9.17) is 0 Å². The molecule has 25 heavy (non-hydrogen) atoms. The second-order valence-corrected chi connectivity index (χ2v) is 7.74. The SMILES string of the molecule is CN1CCCCC1CCN1CCC(C(=O)NCc2ccccc2)CC1. The lowest BCUT2D eigenvalue weighted by molar-refractivity contribution is -0.126. The van der Waals surface area contributed by atoms with Crippen molar-refractivity contribution in [1.82, 2.24) is 15.1 Å². The van der Waals surface area contributed by atoms with Crippen LogP contribution in [0, 0.1) is 5.92 Å². The Morgan fingerprint density at radius 1 is 1.08 bits per heavy atom. The number of nitrogens with one attached hydrogen (secondary N) is 1. The number of hydrogen-bond donors (Lipinski definition) is 1. The zero-order valence-electron chi connectivity index (χ0n) is 15.6. The van der Waals surface area contributed by atoms with E-state index >= 15 is 0 Å². The zero-order chi connectivity index (χ0) is 17.5. The molecule has 138 valence electrons. The van der Waals surface area contributed by atoms with Gasteiger partial charge in [0.2, 0.25) is 5.91 Å². The third kappa shape index (κ3) is 5.55. The van der Waals surface area contributed by atoms with E-state index < -0.39 is 0 Å². The minimum Gasteiger partial charge on any atom is -0.352 e. The van der Waals surface area contributed by atoms with Crippen LogP contribution < -0.4 is 5.32 Å². The molecular weight excluding hydrogens is 310 g/mol. The number of carbonyl (C=O) groups excluding carboxylic acids is 1. The van der Waals surface area contributed by atoms with Crippen molar-refractivity contribution in [3.63, 3.8) is 0 Å². The second-order valence-electron chi connectivity index (χ2n) is 7.74. The Morgan fingerprint density at radius 2 is 1.84 bits per heavy atom. The highest BCUT2D eigenvalue weighted by Crippen LogP contribution is 2.21. The summed E-state index contributed by atoms with van der Waals surface area (Å²) in [5.41, 5.74) is 1.17. The molecule has 2 saturated heterocycles. The molecule has 0 aromatic heterocycles. The van der Waals surface area contributed by atoms with Gasteiger partial charge < -0.3 is 15.1 Å². The summed E-state index contributed by atoms with van der Waals surface area (Å²) in [4.78, 5) is 17.5. The first kappa shape index (κ1) is 18.4. The molecule has 4 nitrogen and oxygen atoms in total. The van der Waals surface area contributed by atoms with Crippen LogP contribution in [0.2, 0.25) is 0 Å². The molecule has 4 heteroatoms. The largest absolute Gasteiger partial charge is 0.352 e. The van der Waals surface area contributed by atoms with Gasteiger partial charge in [-0.2, -0.15) is 0 Å². The molecule has 1 amide bonds. The number of benzene rings is 1. The van der Waals surface area contributed by atoms with E-state index in [9.17, 15) is 4.79 Å². The van der Waals surface area contributed by atoms with Gasteiger partial charge in [0.15, 0.2) is 0 Å². The van der Waals surface area contributed by atoms with E-state index in [-0.39, 0.29) is 11.8 Å².